The van der Waals surface area contributed by atoms with E-state index in [1.165, 1.54) is 6.33 Å². The molecule has 0 unspecified atom stereocenters. The number of nitrogens with zero attached hydrogens (tertiary/aromatic N) is 4. The fourth-order valence-electron chi connectivity index (χ4n) is 2.19. The van der Waals surface area contributed by atoms with Crippen LogP contribution < -0.4 is 5.73 Å². The van der Waals surface area contributed by atoms with Crippen molar-refractivity contribution in [3.8, 4) is 5.82 Å². The van der Waals surface area contributed by atoms with E-state index in [0.29, 0.717) is 5.82 Å². The number of thiocarbonyl (C=S) groups is 1. The van der Waals surface area contributed by atoms with E-state index in [1.807, 2.05) is 24.3 Å². The van der Waals surface area contributed by atoms with Gasteiger partial charge in [0, 0.05) is 0 Å². The monoisotopic (exact) mass is 301 g/mol. The lowest BCUT2D eigenvalue weighted by Gasteiger charge is -2.09. The lowest BCUT2D eigenvalue weighted by molar-refractivity contribution is 0.589. The Morgan fingerprint density at radius 3 is 2.86 bits per heavy atom. The molecule has 0 aliphatic heterocycles. The van der Waals surface area contributed by atoms with Crippen LogP contribution in [0.3, 0.4) is 0 Å². The van der Waals surface area contributed by atoms with Crippen LogP contribution in [0, 0.1) is 12.7 Å². The highest BCUT2D eigenvalue weighted by Crippen LogP contribution is 2.23. The lowest BCUT2D eigenvalue weighted by Crippen LogP contribution is -2.16. The fourth-order valence-corrected chi connectivity index (χ4v) is 2.32. The molecule has 21 heavy (non-hydrogen) atoms. The molecule has 1 aromatic carbocycles. The van der Waals surface area contributed by atoms with Crippen molar-refractivity contribution in [1.82, 2.24) is 19.5 Å². The number of fused-ring (bicyclic) bond motifs is 1. The van der Waals surface area contributed by atoms with Gasteiger partial charge in [-0.2, -0.15) is 0 Å². The van der Waals surface area contributed by atoms with Crippen LogP contribution in [0.2, 0.25) is 0 Å². The van der Waals surface area contributed by atoms with Gasteiger partial charge in [-0.1, -0.05) is 24.4 Å². The maximum absolute atomic E-state index is 14.4. The zero-order valence-corrected chi connectivity index (χ0v) is 12.1. The van der Waals surface area contributed by atoms with E-state index in [9.17, 15) is 4.39 Å². The molecular formula is C14H12FN5S. The topological polar surface area (TPSA) is 69.6 Å². The Bertz CT molecular complexity index is 842. The Hall–Kier alpha value is -2.41. The quantitative estimate of drug-likeness (QED) is 0.750. The summed E-state index contributed by atoms with van der Waals surface area (Å²) in [5.41, 5.74) is 7.38. The molecule has 0 saturated carbocycles. The molecule has 0 atom stereocenters. The van der Waals surface area contributed by atoms with Crippen molar-refractivity contribution in [2.45, 2.75) is 13.3 Å². The number of aryl methyl sites for hydroxylation is 1. The van der Waals surface area contributed by atoms with Crippen LogP contribution in [0.25, 0.3) is 16.9 Å². The Morgan fingerprint density at radius 1 is 1.33 bits per heavy atom. The second kappa shape index (κ2) is 5.17. The van der Waals surface area contributed by atoms with E-state index in [2.05, 4.69) is 15.0 Å². The molecule has 0 aliphatic carbocycles. The number of benzene rings is 1. The highest BCUT2D eigenvalue weighted by molar-refractivity contribution is 7.80. The first-order chi connectivity index (χ1) is 10.1. The van der Waals surface area contributed by atoms with Gasteiger partial charge in [-0.3, -0.25) is 4.57 Å². The zero-order chi connectivity index (χ0) is 15.0. The highest BCUT2D eigenvalue weighted by Gasteiger charge is 2.18. The summed E-state index contributed by atoms with van der Waals surface area (Å²) in [7, 11) is 0. The number of halogens is 1. The summed E-state index contributed by atoms with van der Waals surface area (Å²) in [5.74, 6) is 0.230. The maximum Gasteiger partial charge on any atom is 0.187 e. The summed E-state index contributed by atoms with van der Waals surface area (Å²) < 4.78 is 16.0. The summed E-state index contributed by atoms with van der Waals surface area (Å²) in [6.45, 7) is 1.59. The van der Waals surface area contributed by atoms with E-state index in [-0.39, 0.29) is 22.9 Å². The SMILES string of the molecule is Cc1ncnc(-n2c(CC(N)=S)nc3ccccc32)c1F. The maximum atomic E-state index is 14.4. The summed E-state index contributed by atoms with van der Waals surface area (Å²) in [6, 6.07) is 7.42. The van der Waals surface area contributed by atoms with Crippen LogP contribution in [-0.2, 0) is 6.42 Å². The first kappa shape index (κ1) is 13.6. The first-order valence-electron chi connectivity index (χ1n) is 6.30. The molecule has 0 radical (unpaired) electrons. The lowest BCUT2D eigenvalue weighted by atomic mass is 10.3. The van der Waals surface area contributed by atoms with Crippen molar-refractivity contribution in [3.63, 3.8) is 0 Å². The number of hydrogen-bond acceptors (Lipinski definition) is 4. The average molecular weight is 301 g/mol. The van der Waals surface area contributed by atoms with E-state index < -0.39 is 5.82 Å². The van der Waals surface area contributed by atoms with Crippen molar-refractivity contribution in [3.05, 3.63) is 47.9 Å². The van der Waals surface area contributed by atoms with E-state index in [4.69, 9.17) is 18.0 Å². The van der Waals surface area contributed by atoms with Crippen LogP contribution in [-0.4, -0.2) is 24.5 Å². The molecular weight excluding hydrogens is 289 g/mol. The third kappa shape index (κ3) is 2.36. The van der Waals surface area contributed by atoms with E-state index in [0.717, 1.165) is 11.0 Å². The second-order valence-electron chi connectivity index (χ2n) is 4.59. The van der Waals surface area contributed by atoms with Crippen LogP contribution in [0.15, 0.2) is 30.6 Å². The summed E-state index contributed by atoms with van der Waals surface area (Å²) in [5, 5.41) is 0. The molecule has 2 N–H and O–H groups in total. The summed E-state index contributed by atoms with van der Waals surface area (Å²) >= 11 is 4.95. The third-order valence-electron chi connectivity index (χ3n) is 3.12. The zero-order valence-electron chi connectivity index (χ0n) is 11.2. The molecule has 3 rings (SSSR count). The number of aromatic nitrogens is 4. The van der Waals surface area contributed by atoms with E-state index >= 15 is 0 Å². The van der Waals surface area contributed by atoms with Crippen LogP contribution >= 0.6 is 12.2 Å². The normalized spacial score (nSPS) is 11.0. The van der Waals surface area contributed by atoms with Crippen LogP contribution in [0.5, 0.6) is 0 Å². The number of para-hydroxylation sites is 2. The Morgan fingerprint density at radius 2 is 2.10 bits per heavy atom. The van der Waals surface area contributed by atoms with Crippen molar-refractivity contribution in [2.24, 2.45) is 5.73 Å². The molecule has 7 heteroatoms. The molecule has 0 spiro atoms. The average Bonchev–Trinajstić information content (AvgIpc) is 2.79. The predicted molar refractivity (Wildman–Crippen MR) is 81.8 cm³/mol. The molecule has 0 aliphatic rings. The van der Waals surface area contributed by atoms with Crippen molar-refractivity contribution in [2.75, 3.05) is 0 Å². The molecule has 0 bridgehead atoms. The molecule has 0 fully saturated rings. The summed E-state index contributed by atoms with van der Waals surface area (Å²) in [6.07, 6.45) is 1.60. The largest absolute Gasteiger partial charge is 0.393 e. The predicted octanol–water partition coefficient (Wildman–Crippen LogP) is 2.09. The van der Waals surface area contributed by atoms with Gasteiger partial charge in [-0.05, 0) is 19.1 Å². The van der Waals surface area contributed by atoms with Crippen molar-refractivity contribution in [1.29, 1.82) is 0 Å². The van der Waals surface area contributed by atoms with Gasteiger partial charge < -0.3 is 5.73 Å². The molecule has 5 nitrogen and oxygen atoms in total. The molecule has 0 saturated heterocycles. The Balaban J connectivity index is 2.33. The Labute approximate surface area is 125 Å². The van der Waals surface area contributed by atoms with Gasteiger partial charge in [0.05, 0.1) is 28.1 Å². The van der Waals surface area contributed by atoms with Gasteiger partial charge in [0.2, 0.25) is 0 Å². The number of rotatable bonds is 3. The minimum Gasteiger partial charge on any atom is -0.393 e. The second-order valence-corrected chi connectivity index (χ2v) is 5.12. The van der Waals surface area contributed by atoms with E-state index in [1.54, 1.807) is 11.5 Å². The number of hydrogen-bond donors (Lipinski definition) is 1. The van der Waals surface area contributed by atoms with Crippen LogP contribution in [0.1, 0.15) is 11.5 Å². The highest BCUT2D eigenvalue weighted by atomic mass is 32.1. The van der Waals surface area contributed by atoms with Gasteiger partial charge in [-0.25, -0.2) is 19.3 Å². The molecule has 2 aromatic heterocycles. The minimum absolute atomic E-state index is 0.155. The molecule has 0 amide bonds. The first-order valence-corrected chi connectivity index (χ1v) is 6.71. The molecule has 2 heterocycles. The van der Waals surface area contributed by atoms with Gasteiger partial charge in [0.25, 0.3) is 0 Å². The van der Waals surface area contributed by atoms with Gasteiger partial charge >= 0.3 is 0 Å². The van der Waals surface area contributed by atoms with Crippen LogP contribution in [0.4, 0.5) is 4.39 Å². The smallest absolute Gasteiger partial charge is 0.187 e. The minimum atomic E-state index is -0.482. The number of nitrogens with two attached hydrogens (primary N) is 1. The summed E-state index contributed by atoms with van der Waals surface area (Å²) in [4.78, 5) is 12.7. The van der Waals surface area contributed by atoms with Gasteiger partial charge in [-0.15, -0.1) is 0 Å². The molecule has 106 valence electrons. The van der Waals surface area contributed by atoms with Gasteiger partial charge in [0.1, 0.15) is 12.2 Å². The van der Waals surface area contributed by atoms with Crippen molar-refractivity contribution < 1.29 is 4.39 Å². The third-order valence-corrected chi connectivity index (χ3v) is 3.26. The Kier molecular flexibility index (Phi) is 3.34. The standard InChI is InChI=1S/C14H12FN5S/c1-8-13(15)14(18-7-17-8)20-10-5-3-2-4-9(10)19-12(20)6-11(16)21/h2-5,7H,6H2,1H3,(H2,16,21). The van der Waals surface area contributed by atoms with Crippen molar-refractivity contribution >= 4 is 28.2 Å². The van der Waals surface area contributed by atoms with Gasteiger partial charge in [0.15, 0.2) is 11.6 Å². The molecule has 3 aromatic rings. The number of imidazole rings is 1. The fraction of sp³-hybridized carbons (Fsp3) is 0.143.